The largest absolute Gasteiger partial charge is 0.394 e. The van der Waals surface area contributed by atoms with Gasteiger partial charge in [0.2, 0.25) is 0 Å². The Labute approximate surface area is 87.9 Å². The minimum atomic E-state index is 0.567. The van der Waals surface area contributed by atoms with Crippen LogP contribution in [0.1, 0.15) is 6.42 Å². The van der Waals surface area contributed by atoms with Crippen molar-refractivity contribution in [1.82, 2.24) is 9.97 Å². The van der Waals surface area contributed by atoms with Crippen LogP contribution in [0.15, 0.2) is 12.5 Å². The molecule has 1 aromatic rings. The lowest BCUT2D eigenvalue weighted by Gasteiger charge is -2.25. The molecule has 1 aromatic heterocycles. The van der Waals surface area contributed by atoms with Gasteiger partial charge < -0.3 is 10.6 Å². The van der Waals surface area contributed by atoms with Gasteiger partial charge in [-0.15, -0.1) is 0 Å². The van der Waals surface area contributed by atoms with E-state index in [1.54, 1.807) is 12.5 Å². The molecule has 5 heteroatoms. The van der Waals surface area contributed by atoms with Gasteiger partial charge in [0.05, 0.1) is 11.9 Å². The van der Waals surface area contributed by atoms with Gasteiger partial charge in [-0.1, -0.05) is 0 Å². The number of hydrogen-bond donors (Lipinski definition) is 1. The summed E-state index contributed by atoms with van der Waals surface area (Å²) in [6, 6.07) is 0.567. The zero-order valence-electron chi connectivity index (χ0n) is 8.18. The van der Waals surface area contributed by atoms with Crippen LogP contribution in [0.3, 0.4) is 0 Å². The minimum absolute atomic E-state index is 0.567. The first-order chi connectivity index (χ1) is 6.79. The van der Waals surface area contributed by atoms with Crippen LogP contribution in [0.5, 0.6) is 0 Å². The number of nitrogens with zero attached hydrogens (tertiary/aromatic N) is 3. The van der Waals surface area contributed by atoms with Crippen LogP contribution in [0.2, 0.25) is 0 Å². The van der Waals surface area contributed by atoms with Crippen LogP contribution in [-0.4, -0.2) is 34.6 Å². The van der Waals surface area contributed by atoms with Crippen molar-refractivity contribution in [3.05, 3.63) is 12.5 Å². The molecule has 4 nitrogen and oxygen atoms in total. The number of rotatable bonds is 2. The van der Waals surface area contributed by atoms with Crippen molar-refractivity contribution in [3.63, 3.8) is 0 Å². The Bertz CT molecular complexity index is 311. The maximum absolute atomic E-state index is 5.82. The SMILES string of the molecule is CN(c1ncncc1N)C1CCSC1. The Hall–Kier alpha value is -0.970. The van der Waals surface area contributed by atoms with Crippen molar-refractivity contribution < 1.29 is 0 Å². The van der Waals surface area contributed by atoms with Gasteiger partial charge in [0.25, 0.3) is 0 Å². The monoisotopic (exact) mass is 210 g/mol. The van der Waals surface area contributed by atoms with Crippen LogP contribution < -0.4 is 10.6 Å². The molecule has 2 rings (SSSR count). The zero-order chi connectivity index (χ0) is 9.97. The number of anilines is 2. The number of aromatic nitrogens is 2. The van der Waals surface area contributed by atoms with Gasteiger partial charge in [-0.25, -0.2) is 9.97 Å². The molecule has 0 saturated carbocycles. The summed E-state index contributed by atoms with van der Waals surface area (Å²) in [6.07, 6.45) is 4.41. The highest BCUT2D eigenvalue weighted by Crippen LogP contribution is 2.26. The topological polar surface area (TPSA) is 55.0 Å². The first-order valence-corrected chi connectivity index (χ1v) is 5.80. The molecule has 1 saturated heterocycles. The summed E-state index contributed by atoms with van der Waals surface area (Å²) in [6.45, 7) is 0. The molecule has 0 radical (unpaired) electrons. The Morgan fingerprint density at radius 3 is 3.14 bits per heavy atom. The predicted molar refractivity (Wildman–Crippen MR) is 60.6 cm³/mol. The van der Waals surface area contributed by atoms with E-state index in [4.69, 9.17) is 5.73 Å². The summed E-state index contributed by atoms with van der Waals surface area (Å²) in [4.78, 5) is 10.3. The van der Waals surface area contributed by atoms with E-state index >= 15 is 0 Å². The quantitative estimate of drug-likeness (QED) is 0.789. The predicted octanol–water partition coefficient (Wildman–Crippen LogP) is 1.00. The smallest absolute Gasteiger partial charge is 0.155 e. The van der Waals surface area contributed by atoms with Gasteiger partial charge in [-0.05, 0) is 12.2 Å². The fourth-order valence-corrected chi connectivity index (χ4v) is 2.90. The summed E-state index contributed by atoms with van der Waals surface area (Å²) in [7, 11) is 2.05. The van der Waals surface area contributed by atoms with Crippen molar-refractivity contribution in [2.75, 3.05) is 29.2 Å². The molecule has 0 bridgehead atoms. The molecule has 1 unspecified atom stereocenters. The molecule has 2 N–H and O–H groups in total. The molecule has 76 valence electrons. The summed E-state index contributed by atoms with van der Waals surface area (Å²) >= 11 is 1.99. The summed E-state index contributed by atoms with van der Waals surface area (Å²) in [5.41, 5.74) is 6.47. The molecular formula is C9H14N4S. The lowest BCUT2D eigenvalue weighted by molar-refractivity contribution is 0.691. The molecule has 14 heavy (non-hydrogen) atoms. The van der Waals surface area contributed by atoms with Gasteiger partial charge in [0.15, 0.2) is 5.82 Å². The maximum Gasteiger partial charge on any atom is 0.155 e. The van der Waals surface area contributed by atoms with Crippen LogP contribution in [0, 0.1) is 0 Å². The molecule has 0 amide bonds. The molecule has 1 atom stereocenters. The van der Waals surface area contributed by atoms with Crippen molar-refractivity contribution in [3.8, 4) is 0 Å². The average molecular weight is 210 g/mol. The van der Waals surface area contributed by atoms with Crippen molar-refractivity contribution in [2.24, 2.45) is 0 Å². The third kappa shape index (κ3) is 1.77. The molecule has 1 aliphatic heterocycles. The van der Waals surface area contributed by atoms with Crippen LogP contribution >= 0.6 is 11.8 Å². The lowest BCUT2D eigenvalue weighted by atomic mass is 10.2. The van der Waals surface area contributed by atoms with E-state index in [1.165, 1.54) is 17.9 Å². The normalized spacial score (nSPS) is 21.1. The number of thioether (sulfide) groups is 1. The van der Waals surface area contributed by atoms with Crippen molar-refractivity contribution in [2.45, 2.75) is 12.5 Å². The molecule has 0 aliphatic carbocycles. The Balaban J connectivity index is 2.17. The Morgan fingerprint density at radius 2 is 2.50 bits per heavy atom. The van der Waals surface area contributed by atoms with E-state index in [-0.39, 0.29) is 0 Å². The third-order valence-corrected chi connectivity index (χ3v) is 3.65. The van der Waals surface area contributed by atoms with E-state index in [1.807, 2.05) is 11.8 Å². The van der Waals surface area contributed by atoms with E-state index in [9.17, 15) is 0 Å². The fraction of sp³-hybridized carbons (Fsp3) is 0.556. The molecule has 1 aliphatic rings. The lowest BCUT2D eigenvalue weighted by Crippen LogP contribution is -2.32. The van der Waals surface area contributed by atoms with Gasteiger partial charge in [0.1, 0.15) is 6.33 Å². The fourth-order valence-electron chi connectivity index (χ4n) is 1.63. The average Bonchev–Trinajstić information content (AvgIpc) is 2.70. The highest BCUT2D eigenvalue weighted by atomic mass is 32.2. The summed E-state index contributed by atoms with van der Waals surface area (Å²) < 4.78 is 0. The second kappa shape index (κ2) is 4.04. The van der Waals surface area contributed by atoms with Gasteiger partial charge in [-0.3, -0.25) is 0 Å². The van der Waals surface area contributed by atoms with E-state index < -0.39 is 0 Å². The third-order valence-electron chi connectivity index (χ3n) is 2.51. The Morgan fingerprint density at radius 1 is 1.64 bits per heavy atom. The van der Waals surface area contributed by atoms with Gasteiger partial charge >= 0.3 is 0 Å². The number of nitrogen functional groups attached to an aromatic ring is 1. The molecule has 1 fully saturated rings. The number of hydrogen-bond acceptors (Lipinski definition) is 5. The van der Waals surface area contributed by atoms with E-state index in [0.717, 1.165) is 5.82 Å². The summed E-state index contributed by atoms with van der Waals surface area (Å²) in [5.74, 6) is 3.26. The van der Waals surface area contributed by atoms with Crippen LogP contribution in [0.4, 0.5) is 11.5 Å². The van der Waals surface area contributed by atoms with Gasteiger partial charge in [0, 0.05) is 18.8 Å². The van der Waals surface area contributed by atoms with Crippen LogP contribution in [0.25, 0.3) is 0 Å². The van der Waals surface area contributed by atoms with E-state index in [2.05, 4.69) is 21.9 Å². The zero-order valence-corrected chi connectivity index (χ0v) is 9.00. The highest BCUT2D eigenvalue weighted by molar-refractivity contribution is 7.99. The summed E-state index contributed by atoms with van der Waals surface area (Å²) in [5, 5.41) is 0. The second-order valence-electron chi connectivity index (χ2n) is 3.43. The molecule has 0 spiro atoms. The van der Waals surface area contributed by atoms with Crippen molar-refractivity contribution in [1.29, 1.82) is 0 Å². The molecule has 0 aromatic carbocycles. The van der Waals surface area contributed by atoms with Gasteiger partial charge in [-0.2, -0.15) is 11.8 Å². The van der Waals surface area contributed by atoms with E-state index in [0.29, 0.717) is 11.7 Å². The first kappa shape index (κ1) is 9.58. The Kier molecular flexibility index (Phi) is 2.77. The second-order valence-corrected chi connectivity index (χ2v) is 4.58. The highest BCUT2D eigenvalue weighted by Gasteiger charge is 2.22. The number of nitrogens with two attached hydrogens (primary N) is 1. The maximum atomic E-state index is 5.82. The van der Waals surface area contributed by atoms with Crippen LogP contribution in [-0.2, 0) is 0 Å². The molecule has 2 heterocycles. The first-order valence-electron chi connectivity index (χ1n) is 4.65. The standard InChI is InChI=1S/C9H14N4S/c1-13(7-2-3-14-5-7)9-8(10)4-11-6-12-9/h4,6-7H,2-3,5,10H2,1H3. The molecular weight excluding hydrogens is 196 g/mol. The van der Waals surface area contributed by atoms with Crippen molar-refractivity contribution >= 4 is 23.3 Å². The minimum Gasteiger partial charge on any atom is -0.394 e.